The molecule has 2 aromatic carbocycles. The highest BCUT2D eigenvalue weighted by Gasteiger charge is 2.27. The van der Waals surface area contributed by atoms with Crippen LogP contribution in [0.2, 0.25) is 0 Å². The van der Waals surface area contributed by atoms with Crippen LogP contribution in [0.4, 0.5) is 5.69 Å². The zero-order chi connectivity index (χ0) is 21.7. The second-order valence-corrected chi connectivity index (χ2v) is 7.19. The summed E-state index contributed by atoms with van der Waals surface area (Å²) in [4.78, 5) is 29.5. The second kappa shape index (κ2) is 9.49. The highest BCUT2D eigenvalue weighted by atomic mass is 32.2. The van der Waals surface area contributed by atoms with Crippen molar-refractivity contribution in [1.29, 1.82) is 0 Å². The van der Waals surface area contributed by atoms with Gasteiger partial charge in [0.05, 0.1) is 32.8 Å². The Hall–Kier alpha value is -3.27. The normalized spacial score (nSPS) is 13.0. The first-order valence-electron chi connectivity index (χ1n) is 9.01. The van der Waals surface area contributed by atoms with E-state index in [1.54, 1.807) is 29.2 Å². The number of benzene rings is 2. The summed E-state index contributed by atoms with van der Waals surface area (Å²) < 4.78 is 16.0. The minimum Gasteiger partial charge on any atom is -0.493 e. The van der Waals surface area contributed by atoms with Crippen LogP contribution in [0.3, 0.4) is 0 Å². The predicted octanol–water partition coefficient (Wildman–Crippen LogP) is 3.37. The Morgan fingerprint density at radius 2 is 1.77 bits per heavy atom. The van der Waals surface area contributed by atoms with E-state index < -0.39 is 4.92 Å². The number of nitrogens with zero attached hydrogens (tertiary/aromatic N) is 3. The number of hydrogen-bond donors (Lipinski definition) is 0. The molecule has 0 atom stereocenters. The summed E-state index contributed by atoms with van der Waals surface area (Å²) in [6, 6.07) is 9.55. The van der Waals surface area contributed by atoms with E-state index in [2.05, 4.69) is 4.99 Å². The van der Waals surface area contributed by atoms with E-state index in [-0.39, 0.29) is 11.6 Å². The molecule has 0 aromatic heterocycles. The van der Waals surface area contributed by atoms with Crippen molar-refractivity contribution in [1.82, 2.24) is 4.90 Å². The van der Waals surface area contributed by atoms with Crippen molar-refractivity contribution in [3.8, 4) is 17.2 Å². The molecule has 2 aromatic rings. The summed E-state index contributed by atoms with van der Waals surface area (Å²) in [6.45, 7) is 0.983. The number of nitro groups is 1. The number of carbonyl (C=O) groups is 1. The number of carbonyl (C=O) groups excluding carboxylic acids is 1. The lowest BCUT2D eigenvalue weighted by molar-refractivity contribution is -0.384. The SMILES string of the molecule is COc1cc(C(=O)N2CCN=C2SCc2ccc([N+](=O)[O-])cc2)cc(OC)c1OC. The first-order valence-corrected chi connectivity index (χ1v) is 9.99. The minimum atomic E-state index is -0.435. The fourth-order valence-electron chi connectivity index (χ4n) is 2.96. The molecule has 0 N–H and O–H groups in total. The standard InChI is InChI=1S/C20H21N3O6S/c1-27-16-10-14(11-17(28-2)18(16)29-3)19(24)22-9-8-21-20(22)30-12-13-4-6-15(7-5-13)23(25)26/h4-7,10-11H,8-9,12H2,1-3H3. The number of nitro benzene ring substituents is 1. The molecule has 10 heteroatoms. The maximum absolute atomic E-state index is 13.1. The number of methoxy groups -OCH3 is 3. The lowest BCUT2D eigenvalue weighted by atomic mass is 10.1. The second-order valence-electron chi connectivity index (χ2n) is 6.25. The van der Waals surface area contributed by atoms with Gasteiger partial charge in [0.25, 0.3) is 11.6 Å². The van der Waals surface area contributed by atoms with E-state index in [0.717, 1.165) is 5.56 Å². The van der Waals surface area contributed by atoms with E-state index in [1.807, 2.05) is 0 Å². The molecule has 0 spiro atoms. The van der Waals surface area contributed by atoms with Crippen LogP contribution in [0.25, 0.3) is 0 Å². The quantitative estimate of drug-likeness (QED) is 0.489. The molecule has 9 nitrogen and oxygen atoms in total. The number of rotatable bonds is 7. The Balaban J connectivity index is 1.75. The molecule has 158 valence electrons. The Morgan fingerprint density at radius 1 is 1.13 bits per heavy atom. The number of ether oxygens (including phenoxy) is 3. The van der Waals surface area contributed by atoms with Gasteiger partial charge in [0.1, 0.15) is 0 Å². The van der Waals surface area contributed by atoms with Gasteiger partial charge in [0.2, 0.25) is 5.75 Å². The minimum absolute atomic E-state index is 0.0427. The van der Waals surface area contributed by atoms with Gasteiger partial charge in [-0.3, -0.25) is 24.8 Å². The van der Waals surface area contributed by atoms with E-state index in [9.17, 15) is 14.9 Å². The average Bonchev–Trinajstić information content (AvgIpc) is 3.24. The number of amidine groups is 1. The van der Waals surface area contributed by atoms with Crippen molar-refractivity contribution >= 4 is 28.5 Å². The van der Waals surface area contributed by atoms with Crippen LogP contribution in [0.1, 0.15) is 15.9 Å². The maximum atomic E-state index is 13.1. The summed E-state index contributed by atoms with van der Waals surface area (Å²) in [6.07, 6.45) is 0. The molecule has 30 heavy (non-hydrogen) atoms. The molecule has 0 saturated heterocycles. The molecule has 0 saturated carbocycles. The van der Waals surface area contributed by atoms with E-state index >= 15 is 0 Å². The van der Waals surface area contributed by atoms with Crippen LogP contribution in [-0.4, -0.2) is 55.3 Å². The fourth-order valence-corrected chi connectivity index (χ4v) is 3.96. The van der Waals surface area contributed by atoms with Crippen LogP contribution >= 0.6 is 11.8 Å². The monoisotopic (exact) mass is 431 g/mol. The van der Waals surface area contributed by atoms with Gasteiger partial charge in [-0.2, -0.15) is 0 Å². The Labute approximate surface area is 177 Å². The third-order valence-corrected chi connectivity index (χ3v) is 5.56. The summed E-state index contributed by atoms with van der Waals surface area (Å²) >= 11 is 1.41. The largest absolute Gasteiger partial charge is 0.493 e. The van der Waals surface area contributed by atoms with Crippen LogP contribution in [0, 0.1) is 10.1 Å². The van der Waals surface area contributed by atoms with Crippen LogP contribution < -0.4 is 14.2 Å². The summed E-state index contributed by atoms with van der Waals surface area (Å²) in [5.41, 5.74) is 1.34. The number of thioether (sulfide) groups is 1. The van der Waals surface area contributed by atoms with Gasteiger partial charge in [-0.15, -0.1) is 0 Å². The molecule has 0 aliphatic carbocycles. The van der Waals surface area contributed by atoms with Crippen LogP contribution in [-0.2, 0) is 5.75 Å². The molecule has 0 bridgehead atoms. The highest BCUT2D eigenvalue weighted by molar-refractivity contribution is 8.13. The summed E-state index contributed by atoms with van der Waals surface area (Å²) in [7, 11) is 4.49. The number of amides is 1. The molecular weight excluding hydrogens is 410 g/mol. The molecule has 0 unspecified atom stereocenters. The smallest absolute Gasteiger partial charge is 0.269 e. The lowest BCUT2D eigenvalue weighted by Gasteiger charge is -2.20. The molecular formula is C20H21N3O6S. The first kappa shape index (κ1) is 21.4. The Morgan fingerprint density at radius 3 is 2.30 bits per heavy atom. The fraction of sp³-hybridized carbons (Fsp3) is 0.300. The Bertz CT molecular complexity index is 952. The molecule has 0 radical (unpaired) electrons. The molecule has 1 aliphatic heterocycles. The molecule has 1 heterocycles. The highest BCUT2D eigenvalue weighted by Crippen LogP contribution is 2.38. The van der Waals surface area contributed by atoms with Gasteiger partial charge in [-0.05, 0) is 17.7 Å². The number of hydrogen-bond acceptors (Lipinski definition) is 8. The van der Waals surface area contributed by atoms with Crippen molar-refractivity contribution in [3.63, 3.8) is 0 Å². The lowest BCUT2D eigenvalue weighted by Crippen LogP contribution is -2.32. The summed E-state index contributed by atoms with van der Waals surface area (Å²) in [5.74, 6) is 1.53. The van der Waals surface area contributed by atoms with Crippen LogP contribution in [0.5, 0.6) is 17.2 Å². The molecule has 0 fully saturated rings. The molecule has 3 rings (SSSR count). The van der Waals surface area contributed by atoms with E-state index in [4.69, 9.17) is 14.2 Å². The van der Waals surface area contributed by atoms with E-state index in [0.29, 0.717) is 46.8 Å². The third kappa shape index (κ3) is 4.48. The van der Waals surface area contributed by atoms with E-state index in [1.165, 1.54) is 45.2 Å². The van der Waals surface area contributed by atoms with Crippen molar-refractivity contribution in [3.05, 3.63) is 57.6 Å². The summed E-state index contributed by atoms with van der Waals surface area (Å²) in [5, 5.41) is 11.4. The first-order chi connectivity index (χ1) is 14.5. The van der Waals surface area contributed by atoms with Crippen molar-refractivity contribution in [2.45, 2.75) is 5.75 Å². The number of aliphatic imine (C=N–C) groups is 1. The zero-order valence-corrected chi connectivity index (χ0v) is 17.6. The van der Waals surface area contributed by atoms with Gasteiger partial charge in [-0.1, -0.05) is 23.9 Å². The third-order valence-electron chi connectivity index (χ3n) is 4.47. The van der Waals surface area contributed by atoms with Crippen molar-refractivity contribution in [2.75, 3.05) is 34.4 Å². The van der Waals surface area contributed by atoms with Gasteiger partial charge >= 0.3 is 0 Å². The van der Waals surface area contributed by atoms with Gasteiger partial charge in [0.15, 0.2) is 16.7 Å². The van der Waals surface area contributed by atoms with Crippen molar-refractivity contribution in [2.24, 2.45) is 4.99 Å². The average molecular weight is 431 g/mol. The van der Waals surface area contributed by atoms with Gasteiger partial charge in [0, 0.05) is 30.0 Å². The topological polar surface area (TPSA) is 104 Å². The number of non-ortho nitro benzene ring substituents is 1. The van der Waals surface area contributed by atoms with Crippen molar-refractivity contribution < 1.29 is 23.9 Å². The van der Waals surface area contributed by atoms with Crippen LogP contribution in [0.15, 0.2) is 41.4 Å². The Kier molecular flexibility index (Phi) is 6.78. The van der Waals surface area contributed by atoms with Gasteiger partial charge in [-0.25, -0.2) is 0 Å². The molecule has 1 amide bonds. The molecule has 1 aliphatic rings. The zero-order valence-electron chi connectivity index (χ0n) is 16.8. The van der Waals surface area contributed by atoms with Gasteiger partial charge < -0.3 is 14.2 Å². The predicted molar refractivity (Wildman–Crippen MR) is 114 cm³/mol. The maximum Gasteiger partial charge on any atom is 0.269 e.